The second-order valence-corrected chi connectivity index (χ2v) is 25.9. The minimum atomic E-state index is -2.71. The van der Waals surface area contributed by atoms with Crippen molar-refractivity contribution in [1.29, 1.82) is 5.26 Å². The average molecular weight is 946 g/mol. The Balaban J connectivity index is 1.47. The van der Waals surface area contributed by atoms with Crippen LogP contribution in [0.2, 0.25) is 21.6 Å². The molecular formula is C46H54ClF5N6O4SSi. The maximum Gasteiger partial charge on any atom is 0.412 e. The number of aromatic nitrogens is 2. The van der Waals surface area contributed by atoms with E-state index in [2.05, 4.69) is 63.3 Å². The number of carbonyl (C=O) groups excluding carboxylic acids is 1. The minimum Gasteiger partial charge on any atom is -0.488 e. The van der Waals surface area contributed by atoms with Crippen LogP contribution < -0.4 is 19.7 Å². The molecular weight excluding hydrogens is 891 g/mol. The highest BCUT2D eigenvalue weighted by Crippen LogP contribution is 2.52. The Kier molecular flexibility index (Phi) is 13.4. The van der Waals surface area contributed by atoms with Gasteiger partial charge in [-0.2, -0.15) is 15.2 Å². The first-order valence-corrected chi connectivity index (χ1v) is 25.1. The fourth-order valence-electron chi connectivity index (χ4n) is 10.2. The number of ether oxygens (including phenoxy) is 3. The zero-order chi connectivity index (χ0) is 46.6. The van der Waals surface area contributed by atoms with Crippen molar-refractivity contribution < 1.29 is 41.0 Å². The summed E-state index contributed by atoms with van der Waals surface area (Å²) in [5, 5.41) is 12.7. The van der Waals surface area contributed by atoms with Gasteiger partial charge in [0.25, 0.3) is 0 Å². The highest BCUT2D eigenvalue weighted by molar-refractivity contribution is 7.23. The van der Waals surface area contributed by atoms with E-state index in [0.717, 1.165) is 23.8 Å². The molecule has 2 aromatic heterocycles. The van der Waals surface area contributed by atoms with Gasteiger partial charge >= 0.3 is 12.1 Å². The molecule has 2 aromatic carbocycles. The number of nitrogens with one attached hydrogen (secondary N) is 1. The highest BCUT2D eigenvalue weighted by atomic mass is 35.5. The summed E-state index contributed by atoms with van der Waals surface area (Å²) in [6.07, 6.45) is -3.50. The number of carbonyl (C=O) groups is 1. The van der Waals surface area contributed by atoms with E-state index >= 15 is 8.78 Å². The summed E-state index contributed by atoms with van der Waals surface area (Å²) in [6.45, 7) is 18.4. The van der Waals surface area contributed by atoms with Gasteiger partial charge in [0.2, 0.25) is 6.43 Å². The third kappa shape index (κ3) is 8.70. The second kappa shape index (κ2) is 18.1. The summed E-state index contributed by atoms with van der Waals surface area (Å²) >= 11 is 8.01. The standard InChI is InChI=1S/C46H54ClF5N6O4SSi/c1-24(2)64(25(3)4,26(5)6)18-14-28-22-60-39-35-38(54-43(55-41(35)58(28)17-13-32(50)51)61-23-46-15-10-16-57(46)21-27(48)19-46)37(52)34(36(39)47)29-11-12-31(49)40-33(29)30(20-53)42(63-40)56-44(59)62-45(7,8)9/h11-12,24-28,32H,10,13,15-17,19,21-23H2,1-9H3,(H,56,59)/t27-,28+,46+/m1/s1. The molecule has 10 nitrogen and oxygen atoms in total. The smallest absolute Gasteiger partial charge is 0.412 e. The van der Waals surface area contributed by atoms with Crippen molar-refractivity contribution in [3.05, 3.63) is 34.4 Å². The number of rotatable bonds is 11. The third-order valence-corrected chi connectivity index (χ3v) is 20.7. The van der Waals surface area contributed by atoms with Crippen molar-refractivity contribution in [1.82, 2.24) is 14.9 Å². The molecule has 0 bridgehead atoms. The van der Waals surface area contributed by atoms with E-state index in [1.165, 1.54) is 6.07 Å². The van der Waals surface area contributed by atoms with Gasteiger partial charge in [0.05, 0.1) is 26.2 Å². The van der Waals surface area contributed by atoms with Crippen LogP contribution in [0.1, 0.15) is 93.6 Å². The number of benzene rings is 2. The molecule has 3 atom stereocenters. The molecule has 2 saturated heterocycles. The minimum absolute atomic E-state index is 0.00882. The van der Waals surface area contributed by atoms with Crippen molar-refractivity contribution >= 4 is 68.9 Å². The van der Waals surface area contributed by atoms with Crippen molar-refractivity contribution in [2.75, 3.05) is 43.1 Å². The lowest BCUT2D eigenvalue weighted by Gasteiger charge is -2.38. The molecule has 344 valence electrons. The first kappa shape index (κ1) is 47.5. The van der Waals surface area contributed by atoms with Gasteiger partial charge in [0.15, 0.2) is 11.6 Å². The Labute approximate surface area is 380 Å². The van der Waals surface area contributed by atoms with Gasteiger partial charge in [-0.3, -0.25) is 10.2 Å². The van der Waals surface area contributed by atoms with Crippen LogP contribution >= 0.6 is 22.9 Å². The van der Waals surface area contributed by atoms with Crippen LogP contribution in [0.25, 0.3) is 32.1 Å². The summed E-state index contributed by atoms with van der Waals surface area (Å²) < 4.78 is 95.0. The van der Waals surface area contributed by atoms with E-state index in [1.807, 2.05) is 11.0 Å². The number of nitriles is 1. The number of fused-ring (bicyclic) bond motifs is 2. The number of alkyl halides is 3. The van der Waals surface area contributed by atoms with Gasteiger partial charge in [-0.15, -0.1) is 16.9 Å². The molecule has 0 unspecified atom stereocenters. The van der Waals surface area contributed by atoms with Gasteiger partial charge in [0, 0.05) is 36.9 Å². The fourth-order valence-corrected chi connectivity index (χ4v) is 16.8. The van der Waals surface area contributed by atoms with Crippen LogP contribution in [0, 0.1) is 34.4 Å². The van der Waals surface area contributed by atoms with Gasteiger partial charge in [-0.1, -0.05) is 65.1 Å². The normalized spacial score (nSPS) is 20.2. The topological polar surface area (TPSA) is 113 Å². The molecule has 18 heteroatoms. The molecule has 0 aliphatic carbocycles. The van der Waals surface area contributed by atoms with Crippen LogP contribution in [-0.2, 0) is 4.74 Å². The number of anilines is 2. The van der Waals surface area contributed by atoms with E-state index in [1.54, 1.807) is 25.7 Å². The molecule has 2 fully saturated rings. The zero-order valence-corrected chi connectivity index (χ0v) is 40.1. The Hall–Kier alpha value is -4.42. The maximum absolute atomic E-state index is 17.9. The van der Waals surface area contributed by atoms with Crippen LogP contribution in [0.3, 0.4) is 0 Å². The quantitative estimate of drug-likeness (QED) is 0.0892. The molecule has 0 radical (unpaired) electrons. The highest BCUT2D eigenvalue weighted by Gasteiger charge is 2.50. The largest absolute Gasteiger partial charge is 0.488 e. The molecule has 0 saturated carbocycles. The summed E-state index contributed by atoms with van der Waals surface area (Å²) in [7, 11) is -2.40. The van der Waals surface area contributed by atoms with E-state index in [9.17, 15) is 23.2 Å². The Bertz CT molecular complexity index is 2550. The Morgan fingerprint density at radius 2 is 1.83 bits per heavy atom. The SMILES string of the molecule is CC(C)[Si](C#C[C@H]1COc2c(Cl)c(-c3ccc(F)c4sc(NC(=O)OC(C)(C)C)c(C#N)c34)c(F)c3nc(OC[C@@]45CCCN4C[C@H](F)C5)nc(c23)N1CCC(F)F)(C(C)C)C(C)C. The Morgan fingerprint density at radius 3 is 2.47 bits per heavy atom. The predicted molar refractivity (Wildman–Crippen MR) is 244 cm³/mol. The van der Waals surface area contributed by atoms with Crippen LogP contribution in [0.15, 0.2) is 12.1 Å². The molecule has 5 heterocycles. The Morgan fingerprint density at radius 1 is 1.12 bits per heavy atom. The van der Waals surface area contributed by atoms with Crippen molar-refractivity contribution in [3.8, 4) is 40.4 Å². The van der Waals surface area contributed by atoms with Crippen molar-refractivity contribution in [3.63, 3.8) is 0 Å². The molecule has 3 aliphatic rings. The number of halogens is 6. The van der Waals surface area contributed by atoms with E-state index in [-0.39, 0.29) is 115 Å². The van der Waals surface area contributed by atoms with Crippen LogP contribution in [0.4, 0.5) is 37.6 Å². The van der Waals surface area contributed by atoms with Gasteiger partial charge < -0.3 is 19.1 Å². The average Bonchev–Trinajstić information content (AvgIpc) is 3.82. The molecule has 0 spiro atoms. The second-order valence-electron chi connectivity index (χ2n) is 19.0. The third-order valence-electron chi connectivity index (χ3n) is 12.9. The number of hydrogen-bond donors (Lipinski definition) is 1. The number of amides is 1. The van der Waals surface area contributed by atoms with E-state index in [4.69, 9.17) is 30.8 Å². The van der Waals surface area contributed by atoms with Crippen LogP contribution in [-0.4, -0.2) is 91.7 Å². The molecule has 1 amide bonds. The summed E-state index contributed by atoms with van der Waals surface area (Å²) in [5.41, 5.74) is 2.09. The molecule has 7 rings (SSSR count). The van der Waals surface area contributed by atoms with Crippen molar-refractivity contribution in [2.45, 2.75) is 134 Å². The van der Waals surface area contributed by atoms with E-state index in [0.29, 0.717) is 13.0 Å². The zero-order valence-electron chi connectivity index (χ0n) is 37.5. The summed E-state index contributed by atoms with van der Waals surface area (Å²) in [4.78, 5) is 25.9. The van der Waals surface area contributed by atoms with Crippen molar-refractivity contribution in [2.24, 2.45) is 0 Å². The lowest BCUT2D eigenvalue weighted by atomic mass is 9.95. The maximum atomic E-state index is 17.9. The van der Waals surface area contributed by atoms with Gasteiger partial charge in [0.1, 0.15) is 67.3 Å². The predicted octanol–water partition coefficient (Wildman–Crippen LogP) is 12.1. The summed E-state index contributed by atoms with van der Waals surface area (Å²) in [5.74, 6) is 1.63. The lowest BCUT2D eigenvalue weighted by Crippen LogP contribution is -2.45. The molecule has 3 aliphatic heterocycles. The molecule has 4 aromatic rings. The number of hydrogen-bond acceptors (Lipinski definition) is 10. The number of nitrogens with zero attached hydrogens (tertiary/aromatic N) is 5. The first-order chi connectivity index (χ1) is 30.1. The molecule has 64 heavy (non-hydrogen) atoms. The van der Waals surface area contributed by atoms with E-state index < -0.39 is 62.0 Å². The fraction of sp³-hybridized carbons (Fsp3) is 0.565. The number of thiophene rings is 1. The van der Waals surface area contributed by atoms with Gasteiger partial charge in [-0.25, -0.2) is 26.7 Å². The lowest BCUT2D eigenvalue weighted by molar-refractivity contribution is 0.0636. The van der Waals surface area contributed by atoms with Crippen LogP contribution in [0.5, 0.6) is 11.8 Å². The molecule has 1 N–H and O–H groups in total. The monoisotopic (exact) mass is 944 g/mol. The first-order valence-electron chi connectivity index (χ1n) is 21.7. The van der Waals surface area contributed by atoms with Gasteiger partial charge in [-0.05, 0) is 68.4 Å². The summed E-state index contributed by atoms with van der Waals surface area (Å²) in [6, 6.07) is 3.27.